The lowest BCUT2D eigenvalue weighted by molar-refractivity contribution is 0.0696. The van der Waals surface area contributed by atoms with Gasteiger partial charge in [0.2, 0.25) is 0 Å². The van der Waals surface area contributed by atoms with Crippen molar-refractivity contribution in [3.63, 3.8) is 0 Å². The smallest absolute Gasteiger partial charge is 0.335 e. The van der Waals surface area contributed by atoms with Crippen LogP contribution in [0.4, 0.5) is 0 Å². The summed E-state index contributed by atoms with van der Waals surface area (Å²) in [6.07, 6.45) is 1.77. The number of carboxylic acid groups (broad SMARTS) is 1. The third kappa shape index (κ3) is 5.25. The minimum atomic E-state index is -0.876. The number of aromatic carboxylic acids is 1. The van der Waals surface area contributed by atoms with E-state index in [4.69, 9.17) is 4.74 Å². The molecule has 0 bridgehead atoms. The normalized spacial score (nSPS) is 16.6. The van der Waals surface area contributed by atoms with E-state index in [0.717, 1.165) is 53.9 Å². The number of hydrogen-bond acceptors (Lipinski definition) is 3. The Labute approximate surface area is 218 Å². The molecular weight excluding hydrogens is 470 g/mol. The van der Waals surface area contributed by atoms with Gasteiger partial charge >= 0.3 is 5.97 Å². The highest BCUT2D eigenvalue weighted by atomic mass is 35.5. The summed E-state index contributed by atoms with van der Waals surface area (Å²) < 4.78 is 6.36. The fourth-order valence-electron chi connectivity index (χ4n) is 5.24. The van der Waals surface area contributed by atoms with E-state index in [1.165, 1.54) is 16.3 Å². The number of carbonyl (C=O) groups is 1. The van der Waals surface area contributed by atoms with Gasteiger partial charge in [-0.25, -0.2) is 4.79 Å². The van der Waals surface area contributed by atoms with E-state index in [0.29, 0.717) is 5.56 Å². The van der Waals surface area contributed by atoms with Gasteiger partial charge < -0.3 is 15.2 Å². The van der Waals surface area contributed by atoms with E-state index < -0.39 is 5.97 Å². The maximum Gasteiger partial charge on any atom is 0.335 e. The van der Waals surface area contributed by atoms with Crippen molar-refractivity contribution in [2.45, 2.75) is 38.7 Å². The largest absolute Gasteiger partial charge is 0.489 e. The molecule has 4 aromatic carbocycles. The highest BCUT2D eigenvalue weighted by Gasteiger charge is 2.30. The first kappa shape index (κ1) is 25.7. The van der Waals surface area contributed by atoms with Gasteiger partial charge in [-0.3, -0.25) is 0 Å². The molecular formula is C31H32ClNO3. The van der Waals surface area contributed by atoms with Crippen molar-refractivity contribution in [1.82, 2.24) is 5.32 Å². The van der Waals surface area contributed by atoms with Crippen LogP contribution >= 0.6 is 12.4 Å². The van der Waals surface area contributed by atoms with Crippen molar-refractivity contribution in [1.29, 1.82) is 0 Å². The standard InChI is InChI=1S/C31H31NO3.ClH/c1-20-16-24(17-28(21(20)2)31(33)34)29-18-25(35-30-13-6-5-12-27(29)30)19-32-15-14-23-10-7-9-22-8-3-4-11-26(22)23;/h3-13,16-17,25,29,32H,14-15,18-19H2,1-2H3,(H,33,34);1H/t25-,29+;/m1./s1. The minimum absolute atomic E-state index is 0. The van der Waals surface area contributed by atoms with Crippen molar-refractivity contribution >= 4 is 29.1 Å². The van der Waals surface area contributed by atoms with E-state index >= 15 is 0 Å². The molecule has 36 heavy (non-hydrogen) atoms. The van der Waals surface area contributed by atoms with E-state index in [2.05, 4.69) is 59.9 Å². The van der Waals surface area contributed by atoms with Crippen LogP contribution in [0.25, 0.3) is 10.8 Å². The Hall–Kier alpha value is -3.34. The summed E-state index contributed by atoms with van der Waals surface area (Å²) in [6, 6.07) is 27.1. The van der Waals surface area contributed by atoms with Gasteiger partial charge in [-0.05, 0) is 78.4 Å². The number of fused-ring (bicyclic) bond motifs is 2. The molecule has 5 rings (SSSR count). The van der Waals surface area contributed by atoms with Crippen LogP contribution in [0.1, 0.15) is 50.5 Å². The van der Waals surface area contributed by atoms with E-state index in [1.54, 1.807) is 0 Å². The summed E-state index contributed by atoms with van der Waals surface area (Å²) >= 11 is 0. The SMILES string of the molecule is Cc1cc([C@@H]2C[C@H](CNCCc3cccc4ccccc34)Oc3ccccc32)cc(C(=O)O)c1C.Cl. The second-order valence-corrected chi connectivity index (χ2v) is 9.47. The summed E-state index contributed by atoms with van der Waals surface area (Å²) in [5, 5.41) is 15.9. The molecule has 1 aliphatic heterocycles. The number of benzene rings is 4. The lowest BCUT2D eigenvalue weighted by Crippen LogP contribution is -2.36. The molecule has 1 heterocycles. The van der Waals surface area contributed by atoms with Gasteiger partial charge in [0, 0.05) is 18.0 Å². The first-order chi connectivity index (χ1) is 17.0. The fourth-order valence-corrected chi connectivity index (χ4v) is 5.24. The lowest BCUT2D eigenvalue weighted by Gasteiger charge is -2.33. The first-order valence-corrected chi connectivity index (χ1v) is 12.3. The van der Waals surface area contributed by atoms with Gasteiger partial charge in [0.05, 0.1) is 5.56 Å². The Morgan fingerprint density at radius 2 is 1.75 bits per heavy atom. The van der Waals surface area contributed by atoms with Crippen molar-refractivity contribution in [2.75, 3.05) is 13.1 Å². The van der Waals surface area contributed by atoms with E-state index in [1.807, 2.05) is 38.1 Å². The molecule has 0 unspecified atom stereocenters. The maximum absolute atomic E-state index is 11.9. The molecule has 0 aliphatic carbocycles. The van der Waals surface area contributed by atoms with Gasteiger partial charge in [-0.2, -0.15) is 0 Å². The molecule has 186 valence electrons. The van der Waals surface area contributed by atoms with Gasteiger partial charge in [0.15, 0.2) is 0 Å². The molecule has 2 atom stereocenters. The Morgan fingerprint density at radius 1 is 1.00 bits per heavy atom. The summed E-state index contributed by atoms with van der Waals surface area (Å²) in [6.45, 7) is 5.48. The van der Waals surface area contributed by atoms with Crippen molar-refractivity contribution < 1.29 is 14.6 Å². The third-order valence-electron chi connectivity index (χ3n) is 7.23. The Kier molecular flexibility index (Phi) is 7.97. The van der Waals surface area contributed by atoms with Gasteiger partial charge in [0.1, 0.15) is 11.9 Å². The highest BCUT2D eigenvalue weighted by molar-refractivity contribution is 5.90. The average Bonchev–Trinajstić information content (AvgIpc) is 2.87. The molecule has 0 spiro atoms. The van der Waals surface area contributed by atoms with Crippen LogP contribution in [0.5, 0.6) is 5.75 Å². The van der Waals surface area contributed by atoms with E-state index in [9.17, 15) is 9.90 Å². The zero-order chi connectivity index (χ0) is 24.4. The van der Waals surface area contributed by atoms with Crippen molar-refractivity contribution in [3.05, 3.63) is 112 Å². The van der Waals surface area contributed by atoms with Crippen LogP contribution in [0, 0.1) is 13.8 Å². The summed E-state index contributed by atoms with van der Waals surface area (Å²) in [5.41, 5.74) is 5.73. The molecule has 5 heteroatoms. The average molecular weight is 502 g/mol. The predicted octanol–water partition coefficient (Wildman–Crippen LogP) is 6.69. The van der Waals surface area contributed by atoms with Gasteiger partial charge in [-0.15, -0.1) is 12.4 Å². The number of nitrogens with one attached hydrogen (secondary N) is 1. The molecule has 1 aliphatic rings. The lowest BCUT2D eigenvalue weighted by atomic mass is 9.82. The second kappa shape index (κ2) is 11.2. The minimum Gasteiger partial charge on any atom is -0.489 e. The number of halogens is 1. The number of para-hydroxylation sites is 1. The zero-order valence-electron chi connectivity index (χ0n) is 20.7. The Balaban J connectivity index is 0.00000304. The molecule has 0 amide bonds. The Morgan fingerprint density at radius 3 is 2.58 bits per heavy atom. The van der Waals surface area contributed by atoms with Crippen LogP contribution in [0.3, 0.4) is 0 Å². The fraction of sp³-hybridized carbons (Fsp3) is 0.258. The predicted molar refractivity (Wildman–Crippen MR) is 148 cm³/mol. The van der Waals surface area contributed by atoms with Crippen LogP contribution in [0.15, 0.2) is 78.9 Å². The summed E-state index contributed by atoms with van der Waals surface area (Å²) in [5.74, 6) is 0.112. The third-order valence-corrected chi connectivity index (χ3v) is 7.23. The number of rotatable bonds is 7. The number of ether oxygens (including phenoxy) is 1. The van der Waals surface area contributed by atoms with Crippen molar-refractivity contribution in [2.24, 2.45) is 0 Å². The molecule has 0 radical (unpaired) electrons. The zero-order valence-corrected chi connectivity index (χ0v) is 21.5. The molecule has 4 aromatic rings. The summed E-state index contributed by atoms with van der Waals surface area (Å²) in [7, 11) is 0. The highest BCUT2D eigenvalue weighted by Crippen LogP contribution is 2.41. The second-order valence-electron chi connectivity index (χ2n) is 9.47. The number of aryl methyl sites for hydroxylation is 1. The maximum atomic E-state index is 11.9. The van der Waals surface area contributed by atoms with Crippen molar-refractivity contribution in [3.8, 4) is 5.75 Å². The monoisotopic (exact) mass is 501 g/mol. The topological polar surface area (TPSA) is 58.6 Å². The first-order valence-electron chi connectivity index (χ1n) is 12.3. The molecule has 0 saturated carbocycles. The van der Waals surface area contributed by atoms with Crippen LogP contribution in [0.2, 0.25) is 0 Å². The number of hydrogen-bond donors (Lipinski definition) is 2. The quantitative estimate of drug-likeness (QED) is 0.277. The molecule has 0 aromatic heterocycles. The Bertz CT molecular complexity index is 1380. The molecule has 0 saturated heterocycles. The summed E-state index contributed by atoms with van der Waals surface area (Å²) in [4.78, 5) is 11.9. The van der Waals surface area contributed by atoms with E-state index in [-0.39, 0.29) is 24.4 Å². The number of carboxylic acids is 1. The van der Waals surface area contributed by atoms with Gasteiger partial charge in [0.25, 0.3) is 0 Å². The van der Waals surface area contributed by atoms with Gasteiger partial charge in [-0.1, -0.05) is 66.7 Å². The molecule has 2 N–H and O–H groups in total. The molecule has 0 fully saturated rings. The van der Waals surface area contributed by atoms with Crippen LogP contribution < -0.4 is 10.1 Å². The molecule has 4 nitrogen and oxygen atoms in total. The van der Waals surface area contributed by atoms with Crippen LogP contribution in [-0.2, 0) is 6.42 Å². The van der Waals surface area contributed by atoms with Crippen LogP contribution in [-0.4, -0.2) is 30.3 Å².